The van der Waals surface area contributed by atoms with E-state index in [1.54, 1.807) is 12.1 Å². The van der Waals surface area contributed by atoms with Crippen molar-refractivity contribution in [2.45, 2.75) is 56.4 Å². The van der Waals surface area contributed by atoms with E-state index in [0.717, 1.165) is 31.2 Å². The fourth-order valence-corrected chi connectivity index (χ4v) is 4.09. The van der Waals surface area contributed by atoms with Crippen LogP contribution in [-0.4, -0.2) is 26.2 Å². The molecule has 1 aliphatic rings. The molecule has 0 saturated heterocycles. The van der Waals surface area contributed by atoms with Crippen molar-refractivity contribution in [1.82, 2.24) is 4.72 Å². The summed E-state index contributed by atoms with van der Waals surface area (Å²) >= 11 is 0. The Kier molecular flexibility index (Phi) is 5.41. The highest BCUT2D eigenvalue weighted by Crippen LogP contribution is 2.25. The highest BCUT2D eigenvalue weighted by atomic mass is 32.2. The summed E-state index contributed by atoms with van der Waals surface area (Å²) < 4.78 is 27.5. The molecule has 0 bridgehead atoms. The second kappa shape index (κ2) is 6.90. The van der Waals surface area contributed by atoms with Crippen molar-refractivity contribution in [3.8, 4) is 0 Å². The number of aliphatic hydroxyl groups excluding tert-OH is 1. The van der Waals surface area contributed by atoms with Crippen LogP contribution in [-0.2, 0) is 10.0 Å². The molecule has 2 N–H and O–H groups in total. The van der Waals surface area contributed by atoms with Crippen molar-refractivity contribution in [2.24, 2.45) is 5.92 Å². The third-order valence-electron chi connectivity index (χ3n) is 4.28. The zero-order valence-electron chi connectivity index (χ0n) is 12.7. The van der Waals surface area contributed by atoms with Gasteiger partial charge in [0.05, 0.1) is 4.90 Å². The molecular formula is C16H25NO3S. The Balaban J connectivity index is 2.01. The summed E-state index contributed by atoms with van der Waals surface area (Å²) in [4.78, 5) is 0.330. The molecule has 0 radical (unpaired) electrons. The molecule has 21 heavy (non-hydrogen) atoms. The molecule has 1 aromatic rings. The van der Waals surface area contributed by atoms with Crippen molar-refractivity contribution in [2.75, 3.05) is 6.61 Å². The van der Waals surface area contributed by atoms with E-state index in [4.69, 9.17) is 5.11 Å². The number of hydrogen-bond donors (Lipinski definition) is 2. The van der Waals surface area contributed by atoms with Gasteiger partial charge in [0.25, 0.3) is 0 Å². The third kappa shape index (κ3) is 4.28. The Bertz CT molecular complexity index is 543. The van der Waals surface area contributed by atoms with E-state index in [1.165, 1.54) is 0 Å². The van der Waals surface area contributed by atoms with Crippen molar-refractivity contribution < 1.29 is 13.5 Å². The molecule has 4 nitrogen and oxygen atoms in total. The van der Waals surface area contributed by atoms with E-state index in [-0.39, 0.29) is 12.6 Å². The minimum Gasteiger partial charge on any atom is -0.396 e. The minimum atomic E-state index is -3.44. The fraction of sp³-hybridized carbons (Fsp3) is 0.625. The molecular weight excluding hydrogens is 286 g/mol. The molecule has 5 heteroatoms. The summed E-state index contributed by atoms with van der Waals surface area (Å²) in [5.41, 5.74) is 1.14. The molecule has 0 unspecified atom stereocenters. The molecule has 2 rings (SSSR count). The van der Waals surface area contributed by atoms with Gasteiger partial charge in [0.15, 0.2) is 0 Å². The minimum absolute atomic E-state index is 0.0115. The average molecular weight is 311 g/mol. The molecule has 1 fully saturated rings. The fourth-order valence-electron chi connectivity index (χ4n) is 2.78. The largest absolute Gasteiger partial charge is 0.396 e. The third-order valence-corrected chi connectivity index (χ3v) is 5.82. The Morgan fingerprint density at radius 1 is 1.14 bits per heavy atom. The standard InChI is InChI=1S/C16H25NO3S/c1-12(2)14-5-9-16(10-6-14)21(19,20)17-15-7-3-13(11-18)4-8-15/h5-6,9-10,12-13,15,17-18H,3-4,7-8,11H2,1-2H3. The van der Waals surface area contributed by atoms with E-state index in [9.17, 15) is 8.42 Å². The highest BCUT2D eigenvalue weighted by Gasteiger charge is 2.25. The molecule has 0 heterocycles. The monoisotopic (exact) mass is 311 g/mol. The topological polar surface area (TPSA) is 66.4 Å². The van der Waals surface area contributed by atoms with Crippen molar-refractivity contribution in [1.29, 1.82) is 0 Å². The normalized spacial score (nSPS) is 23.4. The van der Waals surface area contributed by atoms with Crippen molar-refractivity contribution in [3.63, 3.8) is 0 Å². The summed E-state index contributed by atoms with van der Waals surface area (Å²) in [7, 11) is -3.44. The van der Waals surface area contributed by atoms with Gasteiger partial charge in [0, 0.05) is 12.6 Å². The van der Waals surface area contributed by atoms with Gasteiger partial charge in [-0.25, -0.2) is 13.1 Å². The molecule has 1 aromatic carbocycles. The number of sulfonamides is 1. The van der Waals surface area contributed by atoms with E-state index in [2.05, 4.69) is 18.6 Å². The lowest BCUT2D eigenvalue weighted by Crippen LogP contribution is -2.38. The maximum Gasteiger partial charge on any atom is 0.240 e. The number of rotatable bonds is 5. The van der Waals surface area contributed by atoms with Crippen LogP contribution >= 0.6 is 0 Å². The molecule has 0 atom stereocenters. The lowest BCUT2D eigenvalue weighted by molar-refractivity contribution is 0.180. The van der Waals surface area contributed by atoms with E-state index >= 15 is 0 Å². The van der Waals surface area contributed by atoms with Crippen LogP contribution in [0, 0.1) is 5.92 Å². The van der Waals surface area contributed by atoms with Crippen LogP contribution in [0.2, 0.25) is 0 Å². The van der Waals surface area contributed by atoms with Crippen LogP contribution in [0.15, 0.2) is 29.2 Å². The number of aliphatic hydroxyl groups is 1. The maximum absolute atomic E-state index is 12.4. The van der Waals surface area contributed by atoms with Crippen LogP contribution < -0.4 is 4.72 Å². The lowest BCUT2D eigenvalue weighted by Gasteiger charge is -2.27. The Hall–Kier alpha value is -0.910. The van der Waals surface area contributed by atoms with Crippen LogP contribution in [0.3, 0.4) is 0 Å². The number of hydrogen-bond acceptors (Lipinski definition) is 3. The van der Waals surface area contributed by atoms with Crippen LogP contribution in [0.25, 0.3) is 0 Å². The zero-order chi connectivity index (χ0) is 15.5. The first kappa shape index (κ1) is 16.5. The average Bonchev–Trinajstić information content (AvgIpc) is 2.48. The first-order chi connectivity index (χ1) is 9.92. The van der Waals surface area contributed by atoms with Crippen LogP contribution in [0.5, 0.6) is 0 Å². The van der Waals surface area contributed by atoms with Crippen LogP contribution in [0.4, 0.5) is 0 Å². The predicted octanol–water partition coefficient (Wildman–Crippen LogP) is 2.64. The molecule has 0 aliphatic heterocycles. The molecule has 0 spiro atoms. The molecule has 0 amide bonds. The van der Waals surface area contributed by atoms with Gasteiger partial charge in [-0.3, -0.25) is 0 Å². The van der Waals surface area contributed by atoms with Gasteiger partial charge in [0.2, 0.25) is 10.0 Å². The summed E-state index contributed by atoms with van der Waals surface area (Å²) in [6.07, 6.45) is 3.37. The van der Waals surface area contributed by atoms with Gasteiger partial charge in [-0.05, 0) is 55.2 Å². The van der Waals surface area contributed by atoms with Crippen molar-refractivity contribution in [3.05, 3.63) is 29.8 Å². The number of benzene rings is 1. The summed E-state index contributed by atoms with van der Waals surface area (Å²) in [5, 5.41) is 9.12. The van der Waals surface area contributed by atoms with Gasteiger partial charge >= 0.3 is 0 Å². The summed E-state index contributed by atoms with van der Waals surface area (Å²) in [5.74, 6) is 0.722. The molecule has 0 aromatic heterocycles. The van der Waals surface area contributed by atoms with E-state index < -0.39 is 10.0 Å². The van der Waals surface area contributed by atoms with Crippen LogP contribution in [0.1, 0.15) is 51.0 Å². The predicted molar refractivity (Wildman–Crippen MR) is 83.7 cm³/mol. The van der Waals surface area contributed by atoms with Crippen molar-refractivity contribution >= 4 is 10.0 Å². The Morgan fingerprint density at radius 3 is 2.19 bits per heavy atom. The van der Waals surface area contributed by atoms with E-state index in [0.29, 0.717) is 16.7 Å². The first-order valence-corrected chi connectivity index (χ1v) is 9.14. The number of nitrogens with one attached hydrogen (secondary N) is 1. The van der Waals surface area contributed by atoms with E-state index in [1.807, 2.05) is 12.1 Å². The van der Waals surface area contributed by atoms with Gasteiger partial charge in [0.1, 0.15) is 0 Å². The molecule has 1 aliphatic carbocycles. The lowest BCUT2D eigenvalue weighted by atomic mass is 9.87. The molecule has 118 valence electrons. The SMILES string of the molecule is CC(C)c1ccc(S(=O)(=O)NC2CCC(CO)CC2)cc1. The smallest absolute Gasteiger partial charge is 0.240 e. The second-order valence-corrected chi connectivity index (χ2v) is 7.96. The quantitative estimate of drug-likeness (QED) is 0.878. The van der Waals surface area contributed by atoms with Gasteiger partial charge < -0.3 is 5.11 Å². The Labute approximate surface area is 127 Å². The Morgan fingerprint density at radius 2 is 1.71 bits per heavy atom. The van der Waals surface area contributed by atoms with Gasteiger partial charge in [-0.15, -0.1) is 0 Å². The zero-order valence-corrected chi connectivity index (χ0v) is 13.6. The maximum atomic E-state index is 12.4. The first-order valence-electron chi connectivity index (χ1n) is 7.65. The summed E-state index contributed by atoms with van der Waals surface area (Å²) in [6, 6.07) is 7.10. The second-order valence-electron chi connectivity index (χ2n) is 6.25. The van der Waals surface area contributed by atoms with Gasteiger partial charge in [-0.1, -0.05) is 26.0 Å². The van der Waals surface area contributed by atoms with Gasteiger partial charge in [-0.2, -0.15) is 0 Å². The highest BCUT2D eigenvalue weighted by molar-refractivity contribution is 7.89. The molecule has 1 saturated carbocycles. The summed E-state index contributed by atoms with van der Waals surface area (Å²) in [6.45, 7) is 4.37.